The zero-order valence-corrected chi connectivity index (χ0v) is 14.6. The van der Waals surface area contributed by atoms with Crippen LogP contribution >= 0.6 is 7.77 Å². The van der Waals surface area contributed by atoms with E-state index in [9.17, 15) is 9.69 Å². The fourth-order valence-corrected chi connectivity index (χ4v) is 3.23. The highest BCUT2D eigenvalue weighted by Gasteiger charge is 2.41. The van der Waals surface area contributed by atoms with E-state index in [1.807, 2.05) is 30.3 Å². The van der Waals surface area contributed by atoms with Crippen LogP contribution in [0.25, 0.3) is 0 Å². The minimum absolute atomic E-state index is 0.218. The van der Waals surface area contributed by atoms with Crippen LogP contribution in [0.1, 0.15) is 32.3 Å². The van der Waals surface area contributed by atoms with E-state index in [4.69, 9.17) is 14.6 Å². The van der Waals surface area contributed by atoms with Crippen LogP contribution in [0.5, 0.6) is 0 Å². The molecule has 0 aliphatic heterocycles. The first-order valence-electron chi connectivity index (χ1n) is 7.83. The van der Waals surface area contributed by atoms with Gasteiger partial charge in [-0.1, -0.05) is 30.3 Å². The summed E-state index contributed by atoms with van der Waals surface area (Å²) in [6, 6.07) is 9.91. The molecule has 0 heterocycles. The predicted octanol–water partition coefficient (Wildman–Crippen LogP) is 1.86. The van der Waals surface area contributed by atoms with Crippen LogP contribution in [-0.4, -0.2) is 42.0 Å². The lowest BCUT2D eigenvalue weighted by Gasteiger charge is -2.26. The highest BCUT2D eigenvalue weighted by atomic mass is 31.1. The van der Waals surface area contributed by atoms with Crippen LogP contribution in [0, 0.1) is 0 Å². The van der Waals surface area contributed by atoms with E-state index >= 15 is 0 Å². The van der Waals surface area contributed by atoms with Gasteiger partial charge in [0.25, 0.3) is 0 Å². The third-order valence-corrected chi connectivity index (χ3v) is 4.36. The van der Waals surface area contributed by atoms with Crippen LogP contribution in [0.15, 0.2) is 30.3 Å². The molecule has 2 atom stereocenters. The number of carbonyl (C=O) groups excluding carboxylic acids is 1. The molecular formula is C17H25O5P. The molecule has 0 aromatic heterocycles. The lowest BCUT2D eigenvalue weighted by atomic mass is 9.96. The Hall–Kier alpha value is -1.26. The van der Waals surface area contributed by atoms with Crippen molar-refractivity contribution in [1.82, 2.24) is 0 Å². The van der Waals surface area contributed by atoms with E-state index in [0.29, 0.717) is 12.8 Å². The minimum atomic E-state index is -2.04. The molecule has 0 saturated carbocycles. The van der Waals surface area contributed by atoms with Gasteiger partial charge in [0, 0.05) is 6.61 Å². The minimum Gasteiger partial charge on any atom is -0.629 e. The van der Waals surface area contributed by atoms with Crippen molar-refractivity contribution in [2.75, 3.05) is 19.6 Å². The van der Waals surface area contributed by atoms with E-state index in [-0.39, 0.29) is 13.2 Å². The lowest BCUT2D eigenvalue weighted by molar-refractivity contribution is -0.165. The molecular weight excluding hydrogens is 315 g/mol. The number of hydrogen-bond donors (Lipinski definition) is 1. The molecule has 1 N–H and O–H groups in total. The van der Waals surface area contributed by atoms with Gasteiger partial charge in [-0.2, -0.15) is 0 Å². The fourth-order valence-electron chi connectivity index (χ4n) is 2.37. The summed E-state index contributed by atoms with van der Waals surface area (Å²) >= 11 is 0. The molecule has 1 aromatic rings. The maximum absolute atomic E-state index is 12.4. The molecule has 128 valence electrons. The first-order valence-corrected chi connectivity index (χ1v) is 9.35. The summed E-state index contributed by atoms with van der Waals surface area (Å²) in [5, 5.41) is 9.06. The number of rotatable bonds is 10. The molecule has 0 radical (unpaired) electrons. The van der Waals surface area contributed by atoms with Crippen molar-refractivity contribution in [3.63, 3.8) is 0 Å². The molecule has 5 nitrogen and oxygen atoms in total. The van der Waals surface area contributed by atoms with Gasteiger partial charge in [-0.05, 0) is 38.7 Å². The van der Waals surface area contributed by atoms with Crippen molar-refractivity contribution >= 4 is 19.5 Å². The van der Waals surface area contributed by atoms with Crippen LogP contribution in [0.2, 0.25) is 0 Å². The Morgan fingerprint density at radius 2 is 2.00 bits per heavy atom. The zero-order valence-electron chi connectivity index (χ0n) is 13.7. The Kier molecular flexibility index (Phi) is 9.03. The smallest absolute Gasteiger partial charge is 0.346 e. The maximum Gasteiger partial charge on any atom is 0.346 e. The number of hydrogen-bond acceptors (Lipinski definition) is 5. The van der Waals surface area contributed by atoms with Crippen molar-refractivity contribution in [3.8, 4) is 0 Å². The third-order valence-electron chi connectivity index (χ3n) is 3.37. The van der Waals surface area contributed by atoms with Gasteiger partial charge in [-0.25, -0.2) is 4.79 Å². The van der Waals surface area contributed by atoms with Crippen molar-refractivity contribution in [3.05, 3.63) is 35.9 Å². The molecule has 0 aliphatic carbocycles. The fraction of sp³-hybridized carbons (Fsp3) is 0.529. The molecule has 23 heavy (non-hydrogen) atoms. The topological polar surface area (TPSA) is 78.8 Å². The Labute approximate surface area is 138 Å². The molecule has 6 heteroatoms. The quantitative estimate of drug-likeness (QED) is 0.519. The van der Waals surface area contributed by atoms with Crippen LogP contribution in [0.3, 0.4) is 0 Å². The summed E-state index contributed by atoms with van der Waals surface area (Å²) in [5.74, 6) is 0.751. The number of ether oxygens (including phenoxy) is 2. The van der Waals surface area contributed by atoms with Gasteiger partial charge in [0.15, 0.2) is 6.35 Å². The first-order chi connectivity index (χ1) is 11.1. The number of aliphatic hydroxyl groups excluding tert-OH is 1. The average molecular weight is 340 g/mol. The second kappa shape index (κ2) is 10.5. The Morgan fingerprint density at radius 3 is 2.57 bits per heavy atom. The normalized spacial score (nSPS) is 14.3. The number of aryl methyl sites for hydroxylation is 1. The molecule has 0 aliphatic rings. The van der Waals surface area contributed by atoms with Gasteiger partial charge >= 0.3 is 5.97 Å². The number of benzene rings is 1. The van der Waals surface area contributed by atoms with Crippen LogP contribution < -0.4 is 4.89 Å². The zero-order chi connectivity index (χ0) is 17.1. The third kappa shape index (κ3) is 6.40. The van der Waals surface area contributed by atoms with Crippen LogP contribution in [0.4, 0.5) is 0 Å². The summed E-state index contributed by atoms with van der Waals surface area (Å²) in [6.45, 7) is 3.99. The number of esters is 1. The maximum atomic E-state index is 12.4. The average Bonchev–Trinajstić information content (AvgIpc) is 2.56. The molecule has 1 aromatic carbocycles. The van der Waals surface area contributed by atoms with E-state index < -0.39 is 25.7 Å². The number of carbonyl (C=O) groups is 1. The Bertz CT molecular complexity index is 503. The largest absolute Gasteiger partial charge is 0.629 e. The van der Waals surface area contributed by atoms with E-state index in [2.05, 4.69) is 0 Å². The Morgan fingerprint density at radius 1 is 1.30 bits per heavy atom. The monoisotopic (exact) mass is 340 g/mol. The molecule has 1 rings (SSSR count). The van der Waals surface area contributed by atoms with Crippen molar-refractivity contribution in [2.24, 2.45) is 0 Å². The molecule has 2 unspecified atom stereocenters. The van der Waals surface area contributed by atoms with Crippen molar-refractivity contribution in [1.29, 1.82) is 0 Å². The van der Waals surface area contributed by atoms with Gasteiger partial charge in [-0.3, -0.25) is 0 Å². The Balaban J connectivity index is 2.89. The van der Waals surface area contributed by atoms with Gasteiger partial charge < -0.3 is 19.5 Å². The summed E-state index contributed by atoms with van der Waals surface area (Å²) < 4.78 is 10.7. The van der Waals surface area contributed by atoms with Gasteiger partial charge in [0.1, 0.15) is 5.80 Å². The summed E-state index contributed by atoms with van der Waals surface area (Å²) in [6.07, 6.45) is 1.30. The highest BCUT2D eigenvalue weighted by Crippen LogP contribution is 2.25. The van der Waals surface area contributed by atoms with Crippen molar-refractivity contribution < 1.29 is 24.3 Å². The van der Waals surface area contributed by atoms with Crippen LogP contribution in [-0.2, 0) is 20.7 Å². The molecule has 0 spiro atoms. The standard InChI is InChI=1S/C17H25O5P/c1-3-21-16(19)17(22-4-2,13-23(20)14-18)12-8-11-15-9-6-5-7-10-15/h5-7,9-10,13,18H,3-4,8,11-12,14H2,1-2H3. The molecule has 0 saturated heterocycles. The highest BCUT2D eigenvalue weighted by molar-refractivity contribution is 7.50. The first kappa shape index (κ1) is 19.8. The molecule has 0 fully saturated rings. The van der Waals surface area contributed by atoms with Crippen molar-refractivity contribution in [2.45, 2.75) is 38.7 Å². The van der Waals surface area contributed by atoms with E-state index in [1.54, 1.807) is 13.8 Å². The summed E-state index contributed by atoms with van der Waals surface area (Å²) in [5.41, 5.74) is -0.205. The second-order valence-corrected chi connectivity index (χ2v) is 6.44. The van der Waals surface area contributed by atoms with E-state index in [0.717, 1.165) is 12.0 Å². The summed E-state index contributed by atoms with van der Waals surface area (Å²) in [4.78, 5) is 24.2. The SMILES string of the molecule is CCOC(=O)C(C=[P+]([O-])CO)(CCCc1ccccc1)OCC. The number of aliphatic hydroxyl groups is 1. The van der Waals surface area contributed by atoms with Gasteiger partial charge in [0.2, 0.25) is 5.60 Å². The lowest BCUT2D eigenvalue weighted by Crippen LogP contribution is -2.45. The van der Waals surface area contributed by atoms with Gasteiger partial charge in [-0.15, -0.1) is 0 Å². The molecule has 0 bridgehead atoms. The predicted molar refractivity (Wildman–Crippen MR) is 90.4 cm³/mol. The van der Waals surface area contributed by atoms with E-state index in [1.165, 1.54) is 5.80 Å². The second-order valence-electron chi connectivity index (χ2n) is 5.07. The van der Waals surface area contributed by atoms with Gasteiger partial charge in [0.05, 0.1) is 14.4 Å². The molecule has 0 amide bonds. The summed E-state index contributed by atoms with van der Waals surface area (Å²) in [7, 11) is -2.04.